The number of hydrogen-bond donors (Lipinski definition) is 1. The van der Waals surface area contributed by atoms with E-state index in [9.17, 15) is 18.0 Å². The van der Waals surface area contributed by atoms with Gasteiger partial charge in [-0.3, -0.25) is 0 Å². The second-order valence-corrected chi connectivity index (χ2v) is 4.67. The van der Waals surface area contributed by atoms with E-state index in [1.54, 1.807) is 0 Å². The molecule has 3 nitrogen and oxygen atoms in total. The highest BCUT2D eigenvalue weighted by molar-refractivity contribution is 5.75. The lowest BCUT2D eigenvalue weighted by molar-refractivity contribution is -0.198. The van der Waals surface area contributed by atoms with E-state index in [0.717, 1.165) is 32.2 Å². The number of ether oxygens (including phenoxy) is 1. The number of nitrogens with one attached hydrogen (secondary N) is 1. The topological polar surface area (TPSA) is 38.3 Å². The number of hydrogen-bond acceptors (Lipinski definition) is 3. The van der Waals surface area contributed by atoms with Crippen LogP contribution in [0.25, 0.3) is 0 Å². The van der Waals surface area contributed by atoms with E-state index in [1.807, 2.05) is 7.05 Å². The highest BCUT2D eigenvalue weighted by Gasteiger charge is 2.40. The van der Waals surface area contributed by atoms with Gasteiger partial charge in [-0.25, -0.2) is 4.79 Å². The summed E-state index contributed by atoms with van der Waals surface area (Å²) in [6.07, 6.45) is -0.892. The van der Waals surface area contributed by atoms with Crippen molar-refractivity contribution in [2.24, 2.45) is 11.8 Å². The van der Waals surface area contributed by atoms with Crippen LogP contribution >= 0.6 is 0 Å². The molecular weight excluding hydrogens is 259 g/mol. The van der Waals surface area contributed by atoms with Gasteiger partial charge in [0.05, 0.1) is 0 Å². The molecule has 1 rings (SSSR count). The van der Waals surface area contributed by atoms with E-state index in [-0.39, 0.29) is 5.92 Å². The van der Waals surface area contributed by atoms with Gasteiger partial charge in [0.15, 0.2) is 6.61 Å². The summed E-state index contributed by atoms with van der Waals surface area (Å²) in [6, 6.07) is 0. The average Bonchev–Trinajstić information content (AvgIpc) is 2.35. The molecule has 0 amide bonds. The highest BCUT2D eigenvalue weighted by atomic mass is 19.4. The Balaban J connectivity index is 2.23. The molecule has 0 aromatic rings. The molecule has 0 spiro atoms. The Kier molecular flexibility index (Phi) is 6.16. The number of alkyl halides is 3. The van der Waals surface area contributed by atoms with Crippen LogP contribution in [0, 0.1) is 23.7 Å². The number of rotatable bonds is 3. The van der Waals surface area contributed by atoms with Crippen LogP contribution in [0.4, 0.5) is 13.2 Å². The zero-order valence-corrected chi connectivity index (χ0v) is 10.8. The third kappa shape index (κ3) is 5.97. The molecule has 1 saturated carbocycles. The van der Waals surface area contributed by atoms with Gasteiger partial charge in [-0.15, -0.1) is 0 Å². The smallest absolute Gasteiger partial charge is 0.446 e. The lowest BCUT2D eigenvalue weighted by atomic mass is 9.82. The summed E-state index contributed by atoms with van der Waals surface area (Å²) in [6.45, 7) is 0.498. The van der Waals surface area contributed by atoms with Crippen LogP contribution < -0.4 is 5.32 Å². The van der Waals surface area contributed by atoms with E-state index < -0.39 is 18.8 Å². The summed E-state index contributed by atoms with van der Waals surface area (Å²) in [4.78, 5) is 10.4. The molecule has 0 aromatic carbocycles. The van der Waals surface area contributed by atoms with Crippen LogP contribution in [-0.2, 0) is 9.53 Å². The van der Waals surface area contributed by atoms with Crippen molar-refractivity contribution in [3.63, 3.8) is 0 Å². The molecule has 1 N–H and O–H groups in total. The predicted molar refractivity (Wildman–Crippen MR) is 64.2 cm³/mol. The summed E-state index contributed by atoms with van der Waals surface area (Å²) in [5, 5.41) is 3.13. The minimum atomic E-state index is -4.94. The van der Waals surface area contributed by atoms with Crippen molar-refractivity contribution in [1.82, 2.24) is 5.32 Å². The summed E-state index contributed by atoms with van der Waals surface area (Å²) >= 11 is 0. The van der Waals surface area contributed by atoms with Crippen molar-refractivity contribution in [3.05, 3.63) is 0 Å². The number of carbonyl (C=O) groups excluding carboxylic acids is 1. The van der Waals surface area contributed by atoms with E-state index in [4.69, 9.17) is 0 Å². The molecule has 1 fully saturated rings. The largest absolute Gasteiger partial charge is 0.490 e. The van der Waals surface area contributed by atoms with Gasteiger partial charge in [-0.1, -0.05) is 11.8 Å². The molecule has 0 bridgehead atoms. The van der Waals surface area contributed by atoms with Crippen molar-refractivity contribution in [2.75, 3.05) is 20.2 Å². The summed E-state index contributed by atoms with van der Waals surface area (Å²) in [5.74, 6) is 4.06. The predicted octanol–water partition coefficient (Wildman–Crippen LogP) is 2.12. The maximum Gasteiger partial charge on any atom is 0.490 e. The molecule has 0 saturated heterocycles. The average molecular weight is 277 g/mol. The van der Waals surface area contributed by atoms with Crippen molar-refractivity contribution < 1.29 is 22.7 Å². The molecule has 108 valence electrons. The zero-order chi connectivity index (χ0) is 14.3. The monoisotopic (exact) mass is 277 g/mol. The van der Waals surface area contributed by atoms with Gasteiger partial charge in [0.1, 0.15) is 0 Å². The highest BCUT2D eigenvalue weighted by Crippen LogP contribution is 2.27. The lowest BCUT2D eigenvalue weighted by Crippen LogP contribution is -2.25. The first-order chi connectivity index (χ1) is 8.93. The zero-order valence-electron chi connectivity index (χ0n) is 10.8. The second-order valence-electron chi connectivity index (χ2n) is 4.67. The minimum absolute atomic E-state index is 0.206. The van der Waals surface area contributed by atoms with E-state index in [2.05, 4.69) is 21.9 Å². The molecule has 0 unspecified atom stereocenters. The van der Waals surface area contributed by atoms with Crippen LogP contribution in [0.15, 0.2) is 0 Å². The third-order valence-electron chi connectivity index (χ3n) is 3.15. The molecule has 0 radical (unpaired) electrons. The maximum absolute atomic E-state index is 11.8. The number of esters is 1. The summed E-state index contributed by atoms with van der Waals surface area (Å²) in [7, 11) is 1.92. The molecule has 19 heavy (non-hydrogen) atoms. The quantitative estimate of drug-likeness (QED) is 0.634. The molecule has 1 aliphatic rings. The van der Waals surface area contributed by atoms with E-state index >= 15 is 0 Å². The first-order valence-electron chi connectivity index (χ1n) is 6.30. The normalized spacial score (nSPS) is 23.4. The summed E-state index contributed by atoms with van der Waals surface area (Å²) < 4.78 is 39.5. The van der Waals surface area contributed by atoms with E-state index in [0.29, 0.717) is 5.92 Å². The van der Waals surface area contributed by atoms with E-state index in [1.165, 1.54) is 0 Å². The number of carbonyl (C=O) groups is 1. The van der Waals surface area contributed by atoms with Crippen LogP contribution in [0.2, 0.25) is 0 Å². The molecule has 1 aliphatic carbocycles. The van der Waals surface area contributed by atoms with Crippen LogP contribution in [0.5, 0.6) is 0 Å². The van der Waals surface area contributed by atoms with Gasteiger partial charge in [-0.05, 0) is 45.2 Å². The minimum Gasteiger partial charge on any atom is -0.446 e. The molecule has 0 atom stereocenters. The van der Waals surface area contributed by atoms with Crippen molar-refractivity contribution in [1.29, 1.82) is 0 Å². The fraction of sp³-hybridized carbons (Fsp3) is 0.769. The van der Waals surface area contributed by atoms with Crippen molar-refractivity contribution >= 4 is 5.97 Å². The van der Waals surface area contributed by atoms with Crippen LogP contribution in [-0.4, -0.2) is 32.3 Å². The SMILES string of the molecule is CNCC1CCC(C#CCOC(=O)C(F)(F)F)CC1. The van der Waals surface area contributed by atoms with Gasteiger partial charge in [-0.2, -0.15) is 13.2 Å². The first kappa shape index (κ1) is 15.8. The Morgan fingerprint density at radius 1 is 1.32 bits per heavy atom. The summed E-state index contributed by atoms with van der Waals surface area (Å²) in [5.41, 5.74) is 0. The fourth-order valence-corrected chi connectivity index (χ4v) is 2.17. The Bertz CT molecular complexity index is 349. The van der Waals surface area contributed by atoms with Gasteiger partial charge in [0.25, 0.3) is 0 Å². The van der Waals surface area contributed by atoms with Crippen molar-refractivity contribution in [2.45, 2.75) is 31.9 Å². The van der Waals surface area contributed by atoms with Gasteiger partial charge >= 0.3 is 12.1 Å². The van der Waals surface area contributed by atoms with Crippen LogP contribution in [0.1, 0.15) is 25.7 Å². The van der Waals surface area contributed by atoms with Crippen LogP contribution in [0.3, 0.4) is 0 Å². The standard InChI is InChI=1S/C13H18F3NO2/c1-17-9-11-6-4-10(5-7-11)3-2-8-19-12(18)13(14,15)16/h10-11,17H,4-9H2,1H3. The molecule has 6 heteroatoms. The third-order valence-corrected chi connectivity index (χ3v) is 3.15. The lowest BCUT2D eigenvalue weighted by Gasteiger charge is -2.25. The van der Waals surface area contributed by atoms with Gasteiger partial charge in [0, 0.05) is 5.92 Å². The molecule has 0 heterocycles. The molecule has 0 aromatic heterocycles. The first-order valence-corrected chi connectivity index (χ1v) is 6.30. The Labute approximate surface area is 110 Å². The Hall–Kier alpha value is -1.22. The maximum atomic E-state index is 11.8. The van der Waals surface area contributed by atoms with Gasteiger partial charge in [0.2, 0.25) is 0 Å². The number of halogens is 3. The second kappa shape index (κ2) is 7.39. The molecular formula is C13H18F3NO2. The fourth-order valence-electron chi connectivity index (χ4n) is 2.17. The van der Waals surface area contributed by atoms with Crippen molar-refractivity contribution in [3.8, 4) is 11.8 Å². The Morgan fingerprint density at radius 2 is 1.95 bits per heavy atom. The molecule has 0 aliphatic heterocycles. The van der Waals surface area contributed by atoms with Gasteiger partial charge < -0.3 is 10.1 Å². The Morgan fingerprint density at radius 3 is 2.47 bits per heavy atom.